The van der Waals surface area contributed by atoms with Crippen LogP contribution in [0.3, 0.4) is 0 Å². The number of carbonyl (C=O) groups is 1. The third-order valence-corrected chi connectivity index (χ3v) is 2.26. The Kier molecular flexibility index (Phi) is 4.93. The lowest BCUT2D eigenvalue weighted by atomic mass is 10.2. The fourth-order valence-electron chi connectivity index (χ4n) is 1.34. The Hall–Kier alpha value is -1.59. The van der Waals surface area contributed by atoms with Crippen LogP contribution in [0.4, 0.5) is 0 Å². The van der Waals surface area contributed by atoms with Crippen molar-refractivity contribution in [3.05, 3.63) is 35.3 Å². The van der Waals surface area contributed by atoms with E-state index in [2.05, 4.69) is 12.0 Å². The maximum Gasteiger partial charge on any atom is 0.268 e. The molecule has 1 rings (SSSR count). The number of furan rings is 1. The van der Waals surface area contributed by atoms with Gasteiger partial charge in [-0.05, 0) is 26.3 Å². The van der Waals surface area contributed by atoms with E-state index in [1.807, 2.05) is 6.92 Å². The lowest BCUT2D eigenvalue weighted by molar-refractivity contribution is 0.0952. The summed E-state index contributed by atoms with van der Waals surface area (Å²) in [7, 11) is 0. The van der Waals surface area contributed by atoms with Crippen LogP contribution in [-0.4, -0.2) is 12.5 Å². The molecule has 1 aromatic heterocycles. The van der Waals surface area contributed by atoms with Crippen LogP contribution in [0.1, 0.15) is 35.2 Å². The minimum absolute atomic E-state index is 0.339. The second-order valence-corrected chi connectivity index (χ2v) is 3.92. The van der Waals surface area contributed by atoms with E-state index in [4.69, 9.17) is 15.0 Å². The summed E-state index contributed by atoms with van der Waals surface area (Å²) >= 11 is 0. The van der Waals surface area contributed by atoms with Crippen molar-refractivity contribution in [2.24, 2.45) is 5.84 Å². The van der Waals surface area contributed by atoms with Crippen LogP contribution in [0.25, 0.3) is 0 Å². The van der Waals surface area contributed by atoms with Gasteiger partial charge >= 0.3 is 0 Å². The van der Waals surface area contributed by atoms with E-state index in [0.717, 1.165) is 12.0 Å². The van der Waals surface area contributed by atoms with Crippen molar-refractivity contribution in [3.63, 3.8) is 0 Å². The van der Waals surface area contributed by atoms with Crippen LogP contribution < -0.4 is 11.3 Å². The molecule has 0 bridgehead atoms. The average molecular weight is 238 g/mol. The van der Waals surface area contributed by atoms with E-state index in [1.54, 1.807) is 13.0 Å². The number of carbonyl (C=O) groups excluding carboxylic acids is 1. The van der Waals surface area contributed by atoms with Crippen LogP contribution in [0.2, 0.25) is 0 Å². The number of nitrogens with two attached hydrogens (primary N) is 1. The zero-order valence-corrected chi connectivity index (χ0v) is 10.2. The summed E-state index contributed by atoms with van der Waals surface area (Å²) in [5.41, 5.74) is 3.58. The van der Waals surface area contributed by atoms with Crippen LogP contribution in [0.5, 0.6) is 0 Å². The molecule has 0 atom stereocenters. The number of ether oxygens (including phenoxy) is 1. The minimum atomic E-state index is -0.362. The Bertz CT molecular complexity index is 410. The van der Waals surface area contributed by atoms with Crippen molar-refractivity contribution in [2.75, 3.05) is 6.61 Å². The van der Waals surface area contributed by atoms with Gasteiger partial charge in [0.2, 0.25) is 0 Å². The minimum Gasteiger partial charge on any atom is -0.463 e. The van der Waals surface area contributed by atoms with Gasteiger partial charge < -0.3 is 9.15 Å². The summed E-state index contributed by atoms with van der Waals surface area (Å²) in [4.78, 5) is 11.3. The number of aryl methyl sites for hydroxylation is 1. The highest BCUT2D eigenvalue weighted by atomic mass is 16.5. The number of hydrazine groups is 1. The van der Waals surface area contributed by atoms with Crippen LogP contribution in [0.15, 0.2) is 22.6 Å². The smallest absolute Gasteiger partial charge is 0.268 e. The van der Waals surface area contributed by atoms with Gasteiger partial charge in [-0.3, -0.25) is 10.2 Å². The van der Waals surface area contributed by atoms with Gasteiger partial charge in [0.1, 0.15) is 18.1 Å². The Morgan fingerprint density at radius 2 is 2.35 bits per heavy atom. The molecule has 5 nitrogen and oxygen atoms in total. The maximum atomic E-state index is 11.3. The Morgan fingerprint density at radius 3 is 2.94 bits per heavy atom. The molecule has 0 spiro atoms. The fourth-order valence-corrected chi connectivity index (χ4v) is 1.34. The van der Waals surface area contributed by atoms with Crippen molar-refractivity contribution in [1.29, 1.82) is 0 Å². The van der Waals surface area contributed by atoms with Crippen LogP contribution >= 0.6 is 0 Å². The Labute approximate surface area is 101 Å². The lowest BCUT2D eigenvalue weighted by Crippen LogP contribution is -2.30. The standard InChI is InChI=1S/C12H18N2O3/c1-8(2)4-5-16-7-10-6-11(9(3)17-10)12(15)14-13/h6H,1,4-5,7,13H2,2-3H3,(H,14,15). The van der Waals surface area contributed by atoms with Gasteiger partial charge in [0.05, 0.1) is 12.2 Å². The first-order valence-corrected chi connectivity index (χ1v) is 5.37. The van der Waals surface area contributed by atoms with Crippen LogP contribution in [-0.2, 0) is 11.3 Å². The van der Waals surface area contributed by atoms with Crippen molar-refractivity contribution < 1.29 is 13.9 Å². The zero-order chi connectivity index (χ0) is 12.8. The monoisotopic (exact) mass is 238 g/mol. The first kappa shape index (κ1) is 13.5. The summed E-state index contributed by atoms with van der Waals surface area (Å²) in [6.07, 6.45) is 0.815. The van der Waals surface area contributed by atoms with Gasteiger partial charge in [-0.2, -0.15) is 0 Å². The van der Waals surface area contributed by atoms with Gasteiger partial charge in [0, 0.05) is 0 Å². The molecule has 0 aromatic carbocycles. The molecule has 1 aromatic rings. The van der Waals surface area contributed by atoms with Gasteiger partial charge in [0.15, 0.2) is 0 Å². The molecule has 5 heteroatoms. The molecule has 0 unspecified atom stereocenters. The van der Waals surface area contributed by atoms with Gasteiger partial charge in [0.25, 0.3) is 5.91 Å². The molecule has 0 saturated carbocycles. The number of hydrogen-bond donors (Lipinski definition) is 2. The summed E-state index contributed by atoms with van der Waals surface area (Å²) in [5, 5.41) is 0. The molecule has 3 N–H and O–H groups in total. The molecule has 1 amide bonds. The molecule has 0 saturated heterocycles. The number of nitrogens with one attached hydrogen (secondary N) is 1. The first-order chi connectivity index (χ1) is 8.04. The molecule has 0 radical (unpaired) electrons. The lowest BCUT2D eigenvalue weighted by Gasteiger charge is -2.00. The molecule has 0 aliphatic heterocycles. The maximum absolute atomic E-state index is 11.3. The molecule has 1 heterocycles. The second kappa shape index (κ2) is 6.22. The molecular weight excluding hydrogens is 220 g/mol. The molecular formula is C12H18N2O3. The predicted octanol–water partition coefficient (Wildman–Crippen LogP) is 1.67. The number of nitrogen functional groups attached to an aromatic ring is 1. The number of rotatable bonds is 6. The van der Waals surface area contributed by atoms with Crippen molar-refractivity contribution in [3.8, 4) is 0 Å². The topological polar surface area (TPSA) is 77.5 Å². The van der Waals surface area contributed by atoms with Gasteiger partial charge in [-0.25, -0.2) is 5.84 Å². The van der Waals surface area contributed by atoms with Crippen molar-refractivity contribution >= 4 is 5.91 Å². The van der Waals surface area contributed by atoms with E-state index in [-0.39, 0.29) is 5.91 Å². The predicted molar refractivity (Wildman–Crippen MR) is 64.2 cm³/mol. The average Bonchev–Trinajstić information content (AvgIpc) is 2.65. The quantitative estimate of drug-likeness (QED) is 0.260. The SMILES string of the molecule is C=C(C)CCOCc1cc(C(=O)NN)c(C)o1. The Morgan fingerprint density at radius 1 is 1.65 bits per heavy atom. The second-order valence-electron chi connectivity index (χ2n) is 3.92. The summed E-state index contributed by atoms with van der Waals surface area (Å²) in [5.74, 6) is 5.84. The van der Waals surface area contributed by atoms with Crippen molar-refractivity contribution in [2.45, 2.75) is 26.9 Å². The van der Waals surface area contributed by atoms with Gasteiger partial charge in [-0.15, -0.1) is 6.58 Å². The summed E-state index contributed by atoms with van der Waals surface area (Å²) < 4.78 is 10.8. The van der Waals surface area contributed by atoms with E-state index in [1.165, 1.54) is 0 Å². The molecule has 0 aliphatic rings. The Balaban J connectivity index is 2.50. The number of amides is 1. The molecule has 0 aliphatic carbocycles. The largest absolute Gasteiger partial charge is 0.463 e. The summed E-state index contributed by atoms with van der Waals surface area (Å²) in [6, 6.07) is 1.64. The van der Waals surface area contributed by atoms with Crippen molar-refractivity contribution in [1.82, 2.24) is 5.43 Å². The third kappa shape index (κ3) is 4.05. The van der Waals surface area contributed by atoms with E-state index >= 15 is 0 Å². The van der Waals surface area contributed by atoms with Gasteiger partial charge in [-0.1, -0.05) is 5.57 Å². The molecule has 0 fully saturated rings. The highest BCUT2D eigenvalue weighted by molar-refractivity contribution is 5.94. The highest BCUT2D eigenvalue weighted by Gasteiger charge is 2.13. The number of hydrogen-bond acceptors (Lipinski definition) is 4. The fraction of sp³-hybridized carbons (Fsp3) is 0.417. The van der Waals surface area contributed by atoms with E-state index in [0.29, 0.717) is 30.3 Å². The van der Waals surface area contributed by atoms with E-state index in [9.17, 15) is 4.79 Å². The molecule has 17 heavy (non-hydrogen) atoms. The summed E-state index contributed by atoms with van der Waals surface area (Å²) in [6.45, 7) is 8.37. The zero-order valence-electron chi connectivity index (χ0n) is 10.2. The molecule has 94 valence electrons. The normalized spacial score (nSPS) is 10.3. The third-order valence-electron chi connectivity index (χ3n) is 2.26. The highest BCUT2D eigenvalue weighted by Crippen LogP contribution is 2.15. The first-order valence-electron chi connectivity index (χ1n) is 5.37. The van der Waals surface area contributed by atoms with E-state index < -0.39 is 0 Å². The van der Waals surface area contributed by atoms with Crippen LogP contribution in [0, 0.1) is 6.92 Å².